The quantitative estimate of drug-likeness (QED) is 0.120. The summed E-state index contributed by atoms with van der Waals surface area (Å²) >= 11 is 3.15. The second-order valence-corrected chi connectivity index (χ2v) is 19.3. The van der Waals surface area contributed by atoms with Gasteiger partial charge in [-0.2, -0.15) is 11.8 Å². The highest BCUT2D eigenvalue weighted by Gasteiger charge is 2.54. The number of carbonyl (C=O) groups is 10. The van der Waals surface area contributed by atoms with Crippen LogP contribution < -0.4 is 5.32 Å². The zero-order chi connectivity index (χ0) is 50.8. The molecule has 1 unspecified atom stereocenters. The number of rotatable bonds is 22. The molecule has 12 atom stereocenters. The van der Waals surface area contributed by atoms with E-state index in [-0.39, 0.29) is 23.9 Å². The smallest absolute Gasteiger partial charge is 0.408 e. The Bertz CT molecular complexity index is 1760. The van der Waals surface area contributed by atoms with Crippen LogP contribution in [0.25, 0.3) is 0 Å². The van der Waals surface area contributed by atoms with Crippen molar-refractivity contribution in [1.82, 2.24) is 5.32 Å². The third-order valence-electron chi connectivity index (χ3n) is 8.52. The van der Waals surface area contributed by atoms with E-state index in [1.165, 1.54) is 0 Å². The minimum absolute atomic E-state index is 0.00991. The summed E-state index contributed by atoms with van der Waals surface area (Å²) in [6, 6.07) is -1.22. The number of hydrogen-bond acceptors (Lipinski definition) is 25. The number of ether oxygens (including phenoxy) is 12. The molecule has 380 valence electrons. The first-order valence-electron chi connectivity index (χ1n) is 20.8. The summed E-state index contributed by atoms with van der Waals surface area (Å²) in [4.78, 5) is 125. The maximum Gasteiger partial charge on any atom is 0.408 e. The fraction of sp³-hybridized carbons (Fsp3) is 0.756. The van der Waals surface area contributed by atoms with Crippen molar-refractivity contribution in [3.8, 4) is 0 Å². The van der Waals surface area contributed by atoms with Crippen LogP contribution in [0.3, 0.4) is 0 Å². The van der Waals surface area contributed by atoms with Gasteiger partial charge in [-0.05, 0) is 27.7 Å². The molecule has 23 nitrogen and oxygen atoms in total. The van der Waals surface area contributed by atoms with Crippen molar-refractivity contribution in [3.63, 3.8) is 0 Å². The topological polar surface area (TPSA) is 293 Å². The molecule has 67 heavy (non-hydrogen) atoms. The molecule has 2 aliphatic rings. The molecular formula is C41H61NO22S3. The van der Waals surface area contributed by atoms with Crippen molar-refractivity contribution < 1.29 is 105 Å². The van der Waals surface area contributed by atoms with Gasteiger partial charge in [-0.15, -0.1) is 23.5 Å². The number of esters is 9. The van der Waals surface area contributed by atoms with Gasteiger partial charge in [0.15, 0.2) is 36.6 Å². The van der Waals surface area contributed by atoms with Crippen LogP contribution in [-0.2, 0) is 100.0 Å². The predicted molar refractivity (Wildman–Crippen MR) is 235 cm³/mol. The average Bonchev–Trinajstić information content (AvgIpc) is 3.17. The van der Waals surface area contributed by atoms with Crippen LogP contribution in [0.2, 0.25) is 0 Å². The molecule has 2 rings (SSSR count). The highest BCUT2D eigenvalue weighted by Crippen LogP contribution is 2.40. The van der Waals surface area contributed by atoms with Crippen molar-refractivity contribution in [3.05, 3.63) is 0 Å². The van der Waals surface area contributed by atoms with Crippen LogP contribution in [-0.4, -0.2) is 173 Å². The van der Waals surface area contributed by atoms with Gasteiger partial charge in [0.05, 0.1) is 6.61 Å². The summed E-state index contributed by atoms with van der Waals surface area (Å²) < 4.78 is 67.2. The Morgan fingerprint density at radius 3 is 1.33 bits per heavy atom. The van der Waals surface area contributed by atoms with Gasteiger partial charge in [0.1, 0.15) is 47.9 Å². The lowest BCUT2D eigenvalue weighted by Crippen LogP contribution is -2.62. The molecule has 1 N–H and O–H groups in total. The molecule has 0 spiro atoms. The Morgan fingerprint density at radius 2 is 0.925 bits per heavy atom. The van der Waals surface area contributed by atoms with Gasteiger partial charge in [-0.3, -0.25) is 38.4 Å². The molecule has 2 aliphatic heterocycles. The first-order chi connectivity index (χ1) is 31.2. The van der Waals surface area contributed by atoms with E-state index in [0.717, 1.165) is 90.7 Å². The molecule has 0 aromatic rings. The maximum atomic E-state index is 13.1. The lowest BCUT2D eigenvalue weighted by atomic mass is 9.99. The van der Waals surface area contributed by atoms with Gasteiger partial charge in [0, 0.05) is 77.9 Å². The SMILES string of the molecule is CCOC(=O)[C@H](CSCC(CS[C@@H]1O[C@H](COC(C)=O)[C@@H](OC(C)=O)[C@H](OC(C)=O)[C@H]1OC(C)=O)S[C@@H]1O[C@H](COC(C)=O)[C@@H](OC(C)=O)[C@H](OC(C)=O)[C@H]1OC(C)=O)NC(=O)OC(C)(C)C. The normalized spacial score (nSPS) is 25.6. The van der Waals surface area contributed by atoms with Crippen LogP contribution in [0.15, 0.2) is 0 Å². The Balaban J connectivity index is 2.74. The first kappa shape index (κ1) is 58.6. The number of hydrogen-bond donors (Lipinski definition) is 1. The van der Waals surface area contributed by atoms with E-state index in [1.54, 1.807) is 27.7 Å². The van der Waals surface area contributed by atoms with E-state index in [9.17, 15) is 47.9 Å². The van der Waals surface area contributed by atoms with E-state index in [4.69, 9.17) is 56.8 Å². The zero-order valence-electron chi connectivity index (χ0n) is 39.4. The molecule has 0 saturated carbocycles. The van der Waals surface area contributed by atoms with Crippen LogP contribution in [0, 0.1) is 0 Å². The second kappa shape index (κ2) is 28.1. The van der Waals surface area contributed by atoms with Crippen molar-refractivity contribution in [2.45, 2.75) is 160 Å². The van der Waals surface area contributed by atoms with E-state index in [2.05, 4.69) is 5.32 Å². The molecule has 1 amide bonds. The number of thioether (sulfide) groups is 3. The van der Waals surface area contributed by atoms with Crippen molar-refractivity contribution >= 4 is 95.1 Å². The predicted octanol–water partition coefficient (Wildman–Crippen LogP) is 2.18. The molecule has 0 aromatic heterocycles. The number of alkyl carbamates (subject to hydrolysis) is 1. The fourth-order valence-corrected chi connectivity index (χ4v) is 10.7. The van der Waals surface area contributed by atoms with E-state index in [1.807, 2.05) is 0 Å². The summed E-state index contributed by atoms with van der Waals surface area (Å²) in [5, 5.41) is 1.79. The monoisotopic (exact) mass is 1020 g/mol. The molecule has 26 heteroatoms. The highest BCUT2D eigenvalue weighted by atomic mass is 32.2. The van der Waals surface area contributed by atoms with Gasteiger partial charge < -0.3 is 62.2 Å². The van der Waals surface area contributed by atoms with Crippen LogP contribution in [0.4, 0.5) is 4.79 Å². The molecular weight excluding hydrogens is 955 g/mol. The summed E-state index contributed by atoms with van der Waals surface area (Å²) in [5.74, 6) is -7.31. The Hall–Kier alpha value is -4.53. The molecule has 0 bridgehead atoms. The van der Waals surface area contributed by atoms with Gasteiger partial charge in [-0.1, -0.05) is 0 Å². The van der Waals surface area contributed by atoms with Crippen molar-refractivity contribution in [2.75, 3.05) is 37.1 Å². The Kier molecular flexibility index (Phi) is 24.6. The molecule has 2 fully saturated rings. The number of amides is 1. The van der Waals surface area contributed by atoms with Crippen LogP contribution in [0.1, 0.15) is 83.1 Å². The molecule has 2 saturated heterocycles. The highest BCUT2D eigenvalue weighted by molar-refractivity contribution is 8.05. The van der Waals surface area contributed by atoms with Gasteiger partial charge in [-0.25, -0.2) is 9.59 Å². The number of carbonyl (C=O) groups excluding carboxylic acids is 10. The first-order valence-corrected chi connectivity index (χ1v) is 24.0. The van der Waals surface area contributed by atoms with Gasteiger partial charge in [0.2, 0.25) is 0 Å². The third kappa shape index (κ3) is 21.5. The summed E-state index contributed by atoms with van der Waals surface area (Å²) in [6.45, 7) is 14.2. The van der Waals surface area contributed by atoms with Crippen LogP contribution >= 0.6 is 35.3 Å². The second-order valence-electron chi connectivity index (χ2n) is 15.7. The molecule has 2 heterocycles. The molecule has 0 aromatic carbocycles. The van der Waals surface area contributed by atoms with E-state index in [0.29, 0.717) is 0 Å². The lowest BCUT2D eigenvalue weighted by Gasteiger charge is -2.45. The minimum atomic E-state index is -1.51. The van der Waals surface area contributed by atoms with Crippen molar-refractivity contribution in [2.24, 2.45) is 0 Å². The zero-order valence-corrected chi connectivity index (χ0v) is 41.8. The standard InChI is InChI=1S/C41H61NO22S3/c1-13-53-37(51)28(42-40(52)64-41(10,11)12)18-65-16-27(67-39-36(61-26(9)50)34(59-24(7)48)32(57-22(5)46)30(63-39)15-55-20(3)44)17-66-38-35(60-25(8)49)33(58-23(6)47)31(56-21(4)45)29(62-38)14-54-19(2)43/h27-36,38-39H,13-18H2,1-12H3,(H,42,52)/t27?,28-,29+,30+,31+,32+,33-,34-,35+,36+,38-,39-/m0/s1. The third-order valence-corrected chi connectivity index (χ3v) is 12.8. The number of nitrogens with one attached hydrogen (secondary N) is 1. The maximum absolute atomic E-state index is 13.1. The largest absolute Gasteiger partial charge is 0.464 e. The van der Waals surface area contributed by atoms with E-state index < -0.39 is 150 Å². The van der Waals surface area contributed by atoms with Crippen LogP contribution in [0.5, 0.6) is 0 Å². The lowest BCUT2D eigenvalue weighted by molar-refractivity contribution is -0.237. The van der Waals surface area contributed by atoms with Gasteiger partial charge >= 0.3 is 59.8 Å². The van der Waals surface area contributed by atoms with E-state index >= 15 is 0 Å². The summed E-state index contributed by atoms with van der Waals surface area (Å²) in [6.07, 6.45) is -12.3. The molecule has 0 aliphatic carbocycles. The fourth-order valence-electron chi connectivity index (χ4n) is 6.32. The summed E-state index contributed by atoms with van der Waals surface area (Å²) in [5.41, 5.74) is -3.44. The van der Waals surface area contributed by atoms with Crippen molar-refractivity contribution in [1.29, 1.82) is 0 Å². The Morgan fingerprint density at radius 1 is 0.522 bits per heavy atom. The molecule has 0 radical (unpaired) electrons. The summed E-state index contributed by atoms with van der Waals surface area (Å²) in [7, 11) is 0. The minimum Gasteiger partial charge on any atom is -0.464 e. The average molecular weight is 1020 g/mol. The Labute approximate surface area is 400 Å². The van der Waals surface area contributed by atoms with Gasteiger partial charge in [0.25, 0.3) is 0 Å².